The molecule has 0 bridgehead atoms. The fourth-order valence-corrected chi connectivity index (χ4v) is 3.95. The molecular weight excluding hydrogens is 376 g/mol. The molecule has 0 aliphatic rings. The van der Waals surface area contributed by atoms with Gasteiger partial charge in [-0.3, -0.25) is 19.2 Å². The first kappa shape index (κ1) is 21.1. The van der Waals surface area contributed by atoms with E-state index < -0.39 is 11.6 Å². The molecule has 0 saturated heterocycles. The van der Waals surface area contributed by atoms with Gasteiger partial charge in [-0.05, 0) is 38.8 Å². The highest BCUT2D eigenvalue weighted by atomic mass is 16.1. The van der Waals surface area contributed by atoms with Gasteiger partial charge in [-0.25, -0.2) is 0 Å². The summed E-state index contributed by atoms with van der Waals surface area (Å²) in [5.74, 6) is -1.53. The van der Waals surface area contributed by atoms with Gasteiger partial charge in [0.1, 0.15) is 0 Å². The Hall–Kier alpha value is -3.66. The molecule has 3 rings (SSSR count). The second-order valence-corrected chi connectivity index (χ2v) is 7.21. The van der Waals surface area contributed by atoms with Crippen LogP contribution in [0, 0.1) is 0 Å². The number of Topliss-reactive ketones (excluding diaryl/α,β-unsaturated/α-hetero) is 4. The van der Waals surface area contributed by atoms with Gasteiger partial charge in [0.15, 0.2) is 23.1 Å². The number of carbonyl (C=O) groups excluding carboxylic acids is 4. The average molecular weight is 398 g/mol. The van der Waals surface area contributed by atoms with Crippen LogP contribution in [0.3, 0.4) is 0 Å². The smallest absolute Gasteiger partial charge is 0.161 e. The average Bonchev–Trinajstić information content (AvgIpc) is 2.72. The minimum Gasteiger partial charge on any atom is -0.294 e. The Balaban J connectivity index is 2.73. The van der Waals surface area contributed by atoms with Gasteiger partial charge in [0.2, 0.25) is 0 Å². The van der Waals surface area contributed by atoms with Crippen molar-refractivity contribution in [3.63, 3.8) is 0 Å². The van der Waals surface area contributed by atoms with E-state index in [1.165, 1.54) is 27.7 Å². The Labute approximate surface area is 175 Å². The van der Waals surface area contributed by atoms with Gasteiger partial charge in [-0.1, -0.05) is 60.7 Å². The zero-order chi connectivity index (χ0) is 22.0. The molecule has 4 heteroatoms. The first-order chi connectivity index (χ1) is 14.3. The number of hydrogen-bond donors (Lipinski definition) is 0. The zero-order valence-corrected chi connectivity index (χ0v) is 17.4. The summed E-state index contributed by atoms with van der Waals surface area (Å²) in [4.78, 5) is 51.1. The number of carbonyl (C=O) groups is 4. The topological polar surface area (TPSA) is 68.3 Å². The maximum Gasteiger partial charge on any atom is 0.161 e. The van der Waals surface area contributed by atoms with E-state index in [1.54, 1.807) is 0 Å². The van der Waals surface area contributed by atoms with Crippen LogP contribution in [0.25, 0.3) is 22.3 Å². The molecule has 0 aliphatic carbocycles. The third-order valence-electron chi connectivity index (χ3n) is 5.03. The first-order valence-corrected chi connectivity index (χ1v) is 9.64. The molecular formula is C26H22O4. The van der Waals surface area contributed by atoms with Crippen molar-refractivity contribution in [2.24, 2.45) is 0 Å². The van der Waals surface area contributed by atoms with Crippen molar-refractivity contribution in [3.05, 3.63) is 82.9 Å². The van der Waals surface area contributed by atoms with Gasteiger partial charge in [0, 0.05) is 33.4 Å². The van der Waals surface area contributed by atoms with E-state index in [0.29, 0.717) is 22.3 Å². The summed E-state index contributed by atoms with van der Waals surface area (Å²) in [5.41, 5.74) is 2.75. The highest BCUT2D eigenvalue weighted by Gasteiger charge is 2.32. The molecule has 3 aromatic carbocycles. The van der Waals surface area contributed by atoms with Crippen LogP contribution in [-0.4, -0.2) is 23.1 Å². The van der Waals surface area contributed by atoms with Crippen molar-refractivity contribution in [2.45, 2.75) is 27.7 Å². The maximum absolute atomic E-state index is 12.9. The largest absolute Gasteiger partial charge is 0.294 e. The molecule has 0 aromatic heterocycles. The van der Waals surface area contributed by atoms with Crippen molar-refractivity contribution in [1.82, 2.24) is 0 Å². The maximum atomic E-state index is 12.9. The van der Waals surface area contributed by atoms with Crippen LogP contribution in [-0.2, 0) is 0 Å². The molecule has 0 saturated carbocycles. The summed E-state index contributed by atoms with van der Waals surface area (Å²) in [5, 5.41) is 0. The van der Waals surface area contributed by atoms with Crippen LogP contribution in [0.1, 0.15) is 69.1 Å². The fourth-order valence-electron chi connectivity index (χ4n) is 3.95. The third kappa shape index (κ3) is 3.64. The van der Waals surface area contributed by atoms with Crippen LogP contribution in [0.4, 0.5) is 0 Å². The Morgan fingerprint density at radius 1 is 0.433 bits per heavy atom. The van der Waals surface area contributed by atoms with E-state index in [2.05, 4.69) is 0 Å². The van der Waals surface area contributed by atoms with Crippen LogP contribution in [0.2, 0.25) is 0 Å². The molecule has 4 nitrogen and oxygen atoms in total. The Morgan fingerprint density at radius 2 is 0.700 bits per heavy atom. The van der Waals surface area contributed by atoms with Gasteiger partial charge in [-0.15, -0.1) is 0 Å². The summed E-state index contributed by atoms with van der Waals surface area (Å²) in [6, 6.07) is 18.3. The number of ketones is 4. The van der Waals surface area contributed by atoms with Gasteiger partial charge in [0.25, 0.3) is 0 Å². The van der Waals surface area contributed by atoms with Crippen LogP contribution >= 0.6 is 0 Å². The molecule has 0 fully saturated rings. The number of hydrogen-bond acceptors (Lipinski definition) is 4. The molecule has 30 heavy (non-hydrogen) atoms. The predicted molar refractivity (Wildman–Crippen MR) is 117 cm³/mol. The Morgan fingerprint density at radius 3 is 0.933 bits per heavy atom. The molecule has 0 unspecified atom stereocenters. The zero-order valence-electron chi connectivity index (χ0n) is 17.4. The van der Waals surface area contributed by atoms with Crippen molar-refractivity contribution in [1.29, 1.82) is 0 Å². The summed E-state index contributed by atoms with van der Waals surface area (Å²) < 4.78 is 0. The molecule has 0 N–H and O–H groups in total. The summed E-state index contributed by atoms with van der Waals surface area (Å²) in [6.07, 6.45) is 0. The van der Waals surface area contributed by atoms with E-state index in [0.717, 1.165) is 0 Å². The van der Waals surface area contributed by atoms with Crippen molar-refractivity contribution < 1.29 is 19.2 Å². The minimum absolute atomic E-state index is 0.0127. The second kappa shape index (κ2) is 8.37. The van der Waals surface area contributed by atoms with Gasteiger partial charge in [0.05, 0.1) is 0 Å². The fraction of sp³-hybridized carbons (Fsp3) is 0.154. The highest BCUT2D eigenvalue weighted by molar-refractivity contribution is 6.24. The number of rotatable bonds is 6. The summed E-state index contributed by atoms with van der Waals surface area (Å²) in [7, 11) is 0. The predicted octanol–water partition coefficient (Wildman–Crippen LogP) is 5.83. The van der Waals surface area contributed by atoms with Crippen LogP contribution in [0.5, 0.6) is 0 Å². The van der Waals surface area contributed by atoms with Crippen LogP contribution in [0.15, 0.2) is 60.7 Å². The molecule has 0 amide bonds. The monoisotopic (exact) mass is 398 g/mol. The quantitative estimate of drug-likeness (QED) is 0.490. The van der Waals surface area contributed by atoms with E-state index >= 15 is 0 Å². The third-order valence-corrected chi connectivity index (χ3v) is 5.03. The lowest BCUT2D eigenvalue weighted by molar-refractivity contribution is 0.0959. The Kier molecular flexibility index (Phi) is 5.88. The standard InChI is InChI=1S/C26H22O4/c1-15(27)21-22(16(2)28)24(18(4)30)26(20-13-9-6-10-14-20)25(23(21)17(3)29)19-11-7-5-8-12-19/h5-14H,1-4H3. The normalized spacial score (nSPS) is 10.5. The molecule has 0 atom stereocenters. The lowest BCUT2D eigenvalue weighted by atomic mass is 9.77. The van der Waals surface area contributed by atoms with Crippen molar-refractivity contribution in [2.75, 3.05) is 0 Å². The first-order valence-electron chi connectivity index (χ1n) is 9.64. The van der Waals surface area contributed by atoms with Gasteiger partial charge < -0.3 is 0 Å². The molecule has 0 radical (unpaired) electrons. The van der Waals surface area contributed by atoms with E-state index in [9.17, 15) is 19.2 Å². The summed E-state index contributed by atoms with van der Waals surface area (Å²) in [6.45, 7) is 5.38. The minimum atomic E-state index is -0.426. The van der Waals surface area contributed by atoms with E-state index in [1.807, 2.05) is 60.7 Å². The van der Waals surface area contributed by atoms with Crippen molar-refractivity contribution >= 4 is 23.1 Å². The number of benzene rings is 3. The van der Waals surface area contributed by atoms with E-state index in [-0.39, 0.29) is 33.8 Å². The second-order valence-electron chi connectivity index (χ2n) is 7.21. The molecule has 3 aromatic rings. The summed E-state index contributed by atoms with van der Waals surface area (Å²) >= 11 is 0. The highest BCUT2D eigenvalue weighted by Crippen LogP contribution is 2.42. The molecule has 0 heterocycles. The van der Waals surface area contributed by atoms with Gasteiger partial charge in [-0.2, -0.15) is 0 Å². The lowest BCUT2D eigenvalue weighted by Gasteiger charge is -2.23. The SMILES string of the molecule is CC(=O)c1c(C(C)=O)c(C(C)=O)c(-c2ccccc2)c(-c2ccccc2)c1C(C)=O. The van der Waals surface area contributed by atoms with Crippen LogP contribution < -0.4 is 0 Å². The van der Waals surface area contributed by atoms with Crippen molar-refractivity contribution in [3.8, 4) is 22.3 Å². The lowest BCUT2D eigenvalue weighted by Crippen LogP contribution is -2.19. The Bertz CT molecular complexity index is 1080. The van der Waals surface area contributed by atoms with Gasteiger partial charge >= 0.3 is 0 Å². The molecule has 0 spiro atoms. The van der Waals surface area contributed by atoms with E-state index in [4.69, 9.17) is 0 Å². The molecule has 150 valence electrons. The molecule has 0 aliphatic heterocycles.